The lowest BCUT2D eigenvalue weighted by Crippen LogP contribution is -2.00. The molecule has 0 unspecified atom stereocenters. The number of rotatable bonds is 6. The van der Waals surface area contributed by atoms with Gasteiger partial charge in [0.2, 0.25) is 5.82 Å². The molecule has 0 bridgehead atoms. The minimum absolute atomic E-state index is 0.0111. The van der Waals surface area contributed by atoms with Crippen molar-refractivity contribution in [3.63, 3.8) is 0 Å². The summed E-state index contributed by atoms with van der Waals surface area (Å²) in [5, 5.41) is 9.12. The Morgan fingerprint density at radius 2 is 1.52 bits per heavy atom. The molecular weight excluding hydrogens is 357 g/mol. The number of halogens is 3. The second-order valence-electron chi connectivity index (χ2n) is 5.76. The van der Waals surface area contributed by atoms with E-state index in [-0.39, 0.29) is 17.9 Å². The van der Waals surface area contributed by atoms with Crippen LogP contribution in [0.4, 0.5) is 13.2 Å². The predicted octanol–water partition coefficient (Wildman–Crippen LogP) is 5.45. The summed E-state index contributed by atoms with van der Waals surface area (Å²) in [6, 6.07) is 13.8. The maximum Gasteiger partial charge on any atom is 0.200 e. The minimum atomic E-state index is -1.30. The number of aromatic hydroxyl groups is 1. The van der Waals surface area contributed by atoms with Crippen LogP contribution in [-0.2, 0) is 6.61 Å². The van der Waals surface area contributed by atoms with E-state index in [2.05, 4.69) is 0 Å². The van der Waals surface area contributed by atoms with Crippen LogP contribution < -0.4 is 9.47 Å². The Hall–Kier alpha value is -3.15. The lowest BCUT2D eigenvalue weighted by molar-refractivity contribution is 0.295. The fourth-order valence-corrected chi connectivity index (χ4v) is 2.55. The Bertz CT molecular complexity index is 940. The lowest BCUT2D eigenvalue weighted by atomic mass is 10.1. The normalized spacial score (nSPS) is 10.7. The molecule has 1 N–H and O–H groups in total. The van der Waals surface area contributed by atoms with E-state index in [1.54, 1.807) is 43.3 Å². The van der Waals surface area contributed by atoms with E-state index in [4.69, 9.17) is 14.6 Å². The molecule has 0 aliphatic carbocycles. The molecule has 6 heteroatoms. The first-order chi connectivity index (χ1) is 13.0. The highest BCUT2D eigenvalue weighted by Crippen LogP contribution is 2.28. The summed E-state index contributed by atoms with van der Waals surface area (Å²) in [6.07, 6.45) is 0. The monoisotopic (exact) mass is 374 g/mol. The fourth-order valence-electron chi connectivity index (χ4n) is 2.55. The first kappa shape index (κ1) is 18.6. The molecule has 0 aliphatic rings. The van der Waals surface area contributed by atoms with E-state index in [0.29, 0.717) is 17.9 Å². The Balaban J connectivity index is 1.71. The molecule has 0 radical (unpaired) electrons. The van der Waals surface area contributed by atoms with Crippen molar-refractivity contribution in [2.45, 2.75) is 13.5 Å². The Morgan fingerprint density at radius 1 is 0.815 bits per heavy atom. The Morgan fingerprint density at radius 3 is 2.19 bits per heavy atom. The van der Waals surface area contributed by atoms with Gasteiger partial charge in [-0.2, -0.15) is 4.39 Å². The van der Waals surface area contributed by atoms with Crippen molar-refractivity contribution < 1.29 is 27.8 Å². The van der Waals surface area contributed by atoms with Crippen LogP contribution in [0.2, 0.25) is 0 Å². The van der Waals surface area contributed by atoms with Crippen molar-refractivity contribution in [1.82, 2.24) is 0 Å². The van der Waals surface area contributed by atoms with Gasteiger partial charge in [0.25, 0.3) is 0 Å². The summed E-state index contributed by atoms with van der Waals surface area (Å²) >= 11 is 0. The van der Waals surface area contributed by atoms with Gasteiger partial charge in [0.15, 0.2) is 23.1 Å². The predicted molar refractivity (Wildman–Crippen MR) is 95.4 cm³/mol. The number of benzene rings is 3. The summed E-state index contributed by atoms with van der Waals surface area (Å²) < 4.78 is 51.7. The lowest BCUT2D eigenvalue weighted by Gasteiger charge is -2.10. The van der Waals surface area contributed by atoms with Crippen LogP contribution in [0, 0.1) is 17.5 Å². The quantitative estimate of drug-likeness (QED) is 0.623. The Kier molecular flexibility index (Phi) is 5.54. The maximum atomic E-state index is 14.0. The van der Waals surface area contributed by atoms with Crippen LogP contribution in [0.25, 0.3) is 11.1 Å². The average Bonchev–Trinajstić information content (AvgIpc) is 2.68. The van der Waals surface area contributed by atoms with Gasteiger partial charge in [0.1, 0.15) is 12.4 Å². The van der Waals surface area contributed by atoms with Gasteiger partial charge in [-0.25, -0.2) is 8.78 Å². The van der Waals surface area contributed by atoms with Crippen LogP contribution >= 0.6 is 0 Å². The summed E-state index contributed by atoms with van der Waals surface area (Å²) in [5.41, 5.74) is 1.43. The molecule has 0 heterocycles. The number of phenols is 1. The molecule has 3 rings (SSSR count). The van der Waals surface area contributed by atoms with Crippen molar-refractivity contribution in [3.8, 4) is 28.4 Å². The molecule has 0 fully saturated rings. The average molecular weight is 374 g/mol. The van der Waals surface area contributed by atoms with Crippen molar-refractivity contribution in [3.05, 3.63) is 77.6 Å². The molecule has 3 aromatic carbocycles. The Labute approximate surface area is 154 Å². The molecule has 0 spiro atoms. The second kappa shape index (κ2) is 8.03. The largest absolute Gasteiger partial charge is 0.505 e. The first-order valence-electron chi connectivity index (χ1n) is 8.31. The number of hydrogen-bond donors (Lipinski definition) is 1. The van der Waals surface area contributed by atoms with Crippen LogP contribution in [0.5, 0.6) is 17.2 Å². The fraction of sp³-hybridized carbons (Fsp3) is 0.143. The van der Waals surface area contributed by atoms with Crippen molar-refractivity contribution >= 4 is 0 Å². The van der Waals surface area contributed by atoms with E-state index in [1.807, 2.05) is 0 Å². The van der Waals surface area contributed by atoms with E-state index in [1.165, 1.54) is 12.1 Å². The summed E-state index contributed by atoms with van der Waals surface area (Å²) in [4.78, 5) is 0. The van der Waals surface area contributed by atoms with Crippen molar-refractivity contribution in [1.29, 1.82) is 0 Å². The van der Waals surface area contributed by atoms with E-state index >= 15 is 0 Å². The van der Waals surface area contributed by atoms with Gasteiger partial charge in [-0.15, -0.1) is 0 Å². The van der Waals surface area contributed by atoms with E-state index in [0.717, 1.165) is 11.6 Å². The molecule has 27 heavy (non-hydrogen) atoms. The van der Waals surface area contributed by atoms with E-state index < -0.39 is 23.2 Å². The molecular formula is C21H17F3O3. The van der Waals surface area contributed by atoms with Crippen LogP contribution in [0.3, 0.4) is 0 Å². The molecule has 0 amide bonds. The van der Waals surface area contributed by atoms with Crippen molar-refractivity contribution in [2.75, 3.05) is 6.61 Å². The molecule has 140 valence electrons. The minimum Gasteiger partial charge on any atom is -0.505 e. The first-order valence-corrected chi connectivity index (χ1v) is 8.31. The topological polar surface area (TPSA) is 38.7 Å². The second-order valence-corrected chi connectivity index (χ2v) is 5.76. The summed E-state index contributed by atoms with van der Waals surface area (Å²) in [7, 11) is 0. The highest BCUT2D eigenvalue weighted by Gasteiger charge is 2.13. The van der Waals surface area contributed by atoms with Gasteiger partial charge >= 0.3 is 0 Å². The smallest absolute Gasteiger partial charge is 0.200 e. The van der Waals surface area contributed by atoms with Gasteiger partial charge in [0.05, 0.1) is 6.61 Å². The standard InChI is InChI=1S/C21H17F3O3/c1-2-26-19-10-6-14(11-17(19)22)13-3-7-16(8-4-13)27-12-15-5-9-18(25)21(24)20(15)23/h3-11,25H,2,12H2,1H3. The zero-order chi connectivity index (χ0) is 19.4. The number of hydrogen-bond acceptors (Lipinski definition) is 3. The molecule has 0 saturated carbocycles. The van der Waals surface area contributed by atoms with Crippen molar-refractivity contribution in [2.24, 2.45) is 0 Å². The zero-order valence-electron chi connectivity index (χ0n) is 14.5. The van der Waals surface area contributed by atoms with Crippen LogP contribution in [0.15, 0.2) is 54.6 Å². The van der Waals surface area contributed by atoms with E-state index in [9.17, 15) is 13.2 Å². The molecule has 3 nitrogen and oxygen atoms in total. The van der Waals surface area contributed by atoms with Gasteiger partial charge in [-0.05, 0) is 54.4 Å². The number of ether oxygens (including phenoxy) is 2. The summed E-state index contributed by atoms with van der Waals surface area (Å²) in [5.74, 6) is -2.99. The highest BCUT2D eigenvalue weighted by molar-refractivity contribution is 5.65. The number of phenolic OH excluding ortho intramolecular Hbond substituents is 1. The zero-order valence-corrected chi connectivity index (χ0v) is 14.5. The van der Waals surface area contributed by atoms with Gasteiger partial charge in [-0.1, -0.05) is 18.2 Å². The van der Waals surface area contributed by atoms with Gasteiger partial charge < -0.3 is 14.6 Å². The molecule has 3 aromatic rings. The third-order valence-electron chi connectivity index (χ3n) is 3.96. The van der Waals surface area contributed by atoms with Gasteiger partial charge in [-0.3, -0.25) is 0 Å². The highest BCUT2D eigenvalue weighted by atomic mass is 19.2. The molecule has 0 atom stereocenters. The maximum absolute atomic E-state index is 14.0. The third-order valence-corrected chi connectivity index (χ3v) is 3.96. The van der Waals surface area contributed by atoms with Crippen LogP contribution in [-0.4, -0.2) is 11.7 Å². The van der Waals surface area contributed by atoms with Crippen LogP contribution in [0.1, 0.15) is 12.5 Å². The molecule has 0 saturated heterocycles. The van der Waals surface area contributed by atoms with Gasteiger partial charge in [0, 0.05) is 5.56 Å². The molecule has 0 aromatic heterocycles. The third kappa shape index (κ3) is 4.16. The molecule has 0 aliphatic heterocycles. The summed E-state index contributed by atoms with van der Waals surface area (Å²) in [6.45, 7) is 1.97. The SMILES string of the molecule is CCOc1ccc(-c2ccc(OCc3ccc(O)c(F)c3F)cc2)cc1F.